The number of hydrogen-bond donors (Lipinski definition) is 5. The van der Waals surface area contributed by atoms with Crippen molar-refractivity contribution >= 4 is 24.1 Å². The zero-order valence-corrected chi connectivity index (χ0v) is 16.2. The number of aromatic hydroxyl groups is 1. The van der Waals surface area contributed by atoms with E-state index in [0.717, 1.165) is 55.6 Å². The second-order valence-electron chi connectivity index (χ2n) is 7.23. The molecular weight excluding hydrogens is 382 g/mol. The fourth-order valence-corrected chi connectivity index (χ4v) is 4.09. The van der Waals surface area contributed by atoms with Crippen LogP contribution in [0, 0.1) is 0 Å². The summed E-state index contributed by atoms with van der Waals surface area (Å²) in [6.45, 7) is 2.03. The van der Waals surface area contributed by atoms with Gasteiger partial charge in [-0.25, -0.2) is 4.79 Å². The molecule has 150 valence electrons. The summed E-state index contributed by atoms with van der Waals surface area (Å²) in [5.74, 6) is -1.83. The molecule has 28 heavy (non-hydrogen) atoms. The van der Waals surface area contributed by atoms with Gasteiger partial charge in [-0.3, -0.25) is 4.79 Å². The van der Waals surface area contributed by atoms with Gasteiger partial charge in [0.2, 0.25) is 0 Å². The number of aromatic amines is 1. The Hall–Kier alpha value is -2.51. The minimum Gasteiger partial charge on any atom is -0.506 e. The van der Waals surface area contributed by atoms with Gasteiger partial charge in [-0.15, -0.1) is 12.4 Å². The van der Waals surface area contributed by atoms with Crippen LogP contribution in [0.25, 0.3) is 11.3 Å². The van der Waals surface area contributed by atoms with Crippen molar-refractivity contribution in [2.75, 3.05) is 18.4 Å². The largest absolute Gasteiger partial charge is 0.506 e. The zero-order valence-electron chi connectivity index (χ0n) is 15.4. The lowest BCUT2D eigenvalue weighted by Crippen LogP contribution is -2.35. The van der Waals surface area contributed by atoms with Crippen LogP contribution in [0.1, 0.15) is 40.7 Å². The first-order chi connectivity index (χ1) is 13.0. The number of H-pyrrole nitrogens is 1. The number of aromatic nitrogens is 1. The molecule has 0 amide bonds. The molecule has 1 aliphatic carbocycles. The summed E-state index contributed by atoms with van der Waals surface area (Å²) >= 11 is 0. The molecule has 0 saturated carbocycles. The zero-order chi connectivity index (χ0) is 19.0. The van der Waals surface area contributed by atoms with E-state index in [1.54, 1.807) is 0 Å². The highest BCUT2D eigenvalue weighted by Crippen LogP contribution is 2.37. The Morgan fingerprint density at radius 1 is 1.18 bits per heavy atom. The molecule has 2 aliphatic rings. The number of fused-ring (bicyclic) bond motifs is 3. The summed E-state index contributed by atoms with van der Waals surface area (Å²) < 4.78 is 0. The van der Waals surface area contributed by atoms with Crippen molar-refractivity contribution in [1.82, 2.24) is 10.3 Å². The van der Waals surface area contributed by atoms with Crippen molar-refractivity contribution in [3.05, 3.63) is 45.2 Å². The molecule has 1 fully saturated rings. The minimum atomic E-state index is -1.41. The van der Waals surface area contributed by atoms with Gasteiger partial charge in [-0.1, -0.05) is 6.07 Å². The van der Waals surface area contributed by atoms with Crippen molar-refractivity contribution < 1.29 is 15.0 Å². The normalized spacial score (nSPS) is 16.3. The molecule has 0 atom stereocenters. The third-order valence-corrected chi connectivity index (χ3v) is 5.46. The molecule has 1 aromatic heterocycles. The third-order valence-electron chi connectivity index (χ3n) is 5.46. The van der Waals surface area contributed by atoms with Gasteiger partial charge in [0.1, 0.15) is 5.75 Å². The highest BCUT2D eigenvalue weighted by atomic mass is 35.5. The lowest BCUT2D eigenvalue weighted by Gasteiger charge is -2.25. The van der Waals surface area contributed by atoms with Gasteiger partial charge in [-0.2, -0.15) is 0 Å². The SMILES string of the molecule is Cl.O=C(O)c1c(O)c2c([nH]c1=O)-c1ccc(NC3CCNCC3)cc1CCC2. The predicted octanol–water partition coefficient (Wildman–Crippen LogP) is 2.52. The van der Waals surface area contributed by atoms with Gasteiger partial charge in [-0.05, 0) is 62.9 Å². The van der Waals surface area contributed by atoms with E-state index >= 15 is 0 Å². The molecule has 0 radical (unpaired) electrons. The molecule has 2 aromatic rings. The molecule has 8 heteroatoms. The van der Waals surface area contributed by atoms with Crippen LogP contribution in [0.15, 0.2) is 23.0 Å². The average Bonchev–Trinajstić information content (AvgIpc) is 2.81. The van der Waals surface area contributed by atoms with E-state index in [9.17, 15) is 19.8 Å². The first-order valence-electron chi connectivity index (χ1n) is 9.36. The summed E-state index contributed by atoms with van der Waals surface area (Å²) in [6, 6.07) is 6.48. The number of carboxylic acids is 1. The second-order valence-corrected chi connectivity index (χ2v) is 7.23. The molecule has 1 aliphatic heterocycles. The molecule has 0 spiro atoms. The number of carbonyl (C=O) groups is 1. The Morgan fingerprint density at radius 2 is 1.93 bits per heavy atom. The average molecular weight is 406 g/mol. The Kier molecular flexibility index (Phi) is 5.96. The smallest absolute Gasteiger partial charge is 0.345 e. The number of aryl methyl sites for hydroxylation is 1. The lowest BCUT2D eigenvalue weighted by atomic mass is 9.98. The topological polar surface area (TPSA) is 114 Å². The van der Waals surface area contributed by atoms with Crippen molar-refractivity contribution in [3.8, 4) is 17.0 Å². The molecule has 5 N–H and O–H groups in total. The van der Waals surface area contributed by atoms with Crippen molar-refractivity contribution in [1.29, 1.82) is 0 Å². The number of nitrogens with one attached hydrogen (secondary N) is 3. The Morgan fingerprint density at radius 3 is 2.64 bits per heavy atom. The fraction of sp³-hybridized carbons (Fsp3) is 0.400. The van der Waals surface area contributed by atoms with E-state index in [4.69, 9.17) is 0 Å². The molecular formula is C20H24ClN3O4. The van der Waals surface area contributed by atoms with E-state index in [1.807, 2.05) is 12.1 Å². The number of anilines is 1. The van der Waals surface area contributed by atoms with E-state index in [-0.39, 0.29) is 12.4 Å². The van der Waals surface area contributed by atoms with Gasteiger partial charge < -0.3 is 25.8 Å². The molecule has 7 nitrogen and oxygen atoms in total. The van der Waals surface area contributed by atoms with Crippen LogP contribution in [-0.4, -0.2) is 40.3 Å². The van der Waals surface area contributed by atoms with Gasteiger partial charge in [0.15, 0.2) is 5.56 Å². The van der Waals surface area contributed by atoms with E-state index < -0.39 is 22.8 Å². The summed E-state index contributed by atoms with van der Waals surface area (Å²) in [6.07, 6.45) is 4.26. The molecule has 0 unspecified atom stereocenters. The molecule has 0 bridgehead atoms. The Bertz CT molecular complexity index is 951. The van der Waals surface area contributed by atoms with Crippen molar-refractivity contribution in [2.45, 2.75) is 38.1 Å². The van der Waals surface area contributed by atoms with Crippen LogP contribution in [0.5, 0.6) is 5.75 Å². The summed E-state index contributed by atoms with van der Waals surface area (Å²) in [7, 11) is 0. The number of halogens is 1. The molecule has 2 heterocycles. The monoisotopic (exact) mass is 405 g/mol. The molecule has 4 rings (SSSR count). The van der Waals surface area contributed by atoms with Crippen LogP contribution in [0.4, 0.5) is 5.69 Å². The second kappa shape index (κ2) is 8.24. The summed E-state index contributed by atoms with van der Waals surface area (Å²) in [5, 5.41) is 26.5. The fourth-order valence-electron chi connectivity index (χ4n) is 4.09. The maximum absolute atomic E-state index is 12.2. The van der Waals surface area contributed by atoms with Crippen LogP contribution < -0.4 is 16.2 Å². The van der Waals surface area contributed by atoms with Crippen LogP contribution in [-0.2, 0) is 12.8 Å². The lowest BCUT2D eigenvalue weighted by molar-refractivity contribution is 0.0691. The standard InChI is InChI=1S/C20H23N3O4.ClH/c24-18-15-3-1-2-11-10-13(22-12-6-8-21-9-7-12)4-5-14(11)17(15)23-19(25)16(18)20(26)27;/h4-5,10,12,21-22H,1-3,6-9H2,(H,26,27)(H2,23,24,25);1H. The number of piperidine rings is 1. The van der Waals surface area contributed by atoms with E-state index in [1.165, 1.54) is 0 Å². The first-order valence-corrected chi connectivity index (χ1v) is 9.36. The maximum atomic E-state index is 12.2. The first kappa shape index (κ1) is 20.2. The summed E-state index contributed by atoms with van der Waals surface area (Å²) in [5.41, 5.74) is 2.67. The predicted molar refractivity (Wildman–Crippen MR) is 110 cm³/mol. The maximum Gasteiger partial charge on any atom is 0.345 e. The number of pyridine rings is 1. The van der Waals surface area contributed by atoms with Gasteiger partial charge in [0.25, 0.3) is 5.56 Å². The number of hydrogen-bond acceptors (Lipinski definition) is 5. The van der Waals surface area contributed by atoms with Gasteiger partial charge in [0, 0.05) is 22.9 Å². The van der Waals surface area contributed by atoms with Crippen molar-refractivity contribution in [2.24, 2.45) is 0 Å². The van der Waals surface area contributed by atoms with Crippen LogP contribution >= 0.6 is 12.4 Å². The molecule has 1 aromatic carbocycles. The van der Waals surface area contributed by atoms with Gasteiger partial charge in [0.05, 0.1) is 5.69 Å². The highest BCUT2D eigenvalue weighted by Gasteiger charge is 2.25. The minimum absolute atomic E-state index is 0. The molecule has 1 saturated heterocycles. The quantitative estimate of drug-likeness (QED) is 0.536. The van der Waals surface area contributed by atoms with Gasteiger partial charge >= 0.3 is 5.97 Å². The number of benzene rings is 1. The van der Waals surface area contributed by atoms with Crippen LogP contribution in [0.2, 0.25) is 0 Å². The third kappa shape index (κ3) is 3.72. The number of rotatable bonds is 3. The van der Waals surface area contributed by atoms with Crippen LogP contribution in [0.3, 0.4) is 0 Å². The number of carboxylic acid groups (broad SMARTS) is 1. The Balaban J connectivity index is 0.00000225. The van der Waals surface area contributed by atoms with E-state index in [0.29, 0.717) is 23.7 Å². The highest BCUT2D eigenvalue weighted by molar-refractivity contribution is 5.92. The van der Waals surface area contributed by atoms with E-state index in [2.05, 4.69) is 21.7 Å². The Labute approximate surface area is 168 Å². The number of aromatic carboxylic acids is 1. The van der Waals surface area contributed by atoms with Crippen molar-refractivity contribution in [3.63, 3.8) is 0 Å². The summed E-state index contributed by atoms with van der Waals surface area (Å²) in [4.78, 5) is 26.2.